The third-order valence-corrected chi connectivity index (χ3v) is 4.15. The van der Waals surface area contributed by atoms with Crippen molar-refractivity contribution in [2.24, 2.45) is 0 Å². The molecule has 1 aromatic heterocycles. The fourth-order valence-electron chi connectivity index (χ4n) is 2.06. The lowest BCUT2D eigenvalue weighted by Crippen LogP contribution is -2.17. The van der Waals surface area contributed by atoms with E-state index in [1.54, 1.807) is 4.90 Å². The normalized spacial score (nSPS) is 10.5. The number of benzene rings is 1. The fourth-order valence-corrected chi connectivity index (χ4v) is 2.73. The second kappa shape index (κ2) is 8.49. The molecule has 8 heteroatoms. The number of carbonyl (C=O) groups is 1. The van der Waals surface area contributed by atoms with E-state index in [0.29, 0.717) is 23.3 Å². The van der Waals surface area contributed by atoms with E-state index < -0.39 is 0 Å². The van der Waals surface area contributed by atoms with Crippen LogP contribution in [0.4, 0.5) is 17.6 Å². The Morgan fingerprint density at radius 1 is 1.25 bits per heavy atom. The minimum atomic E-state index is -0.0456. The largest absolute Gasteiger partial charge is 0.368 e. The highest BCUT2D eigenvalue weighted by Crippen LogP contribution is 2.17. The van der Waals surface area contributed by atoms with E-state index in [2.05, 4.69) is 27.2 Å². The van der Waals surface area contributed by atoms with E-state index in [0.717, 1.165) is 17.7 Å². The van der Waals surface area contributed by atoms with Crippen molar-refractivity contribution in [1.82, 2.24) is 15.0 Å². The van der Waals surface area contributed by atoms with Crippen molar-refractivity contribution in [3.8, 4) is 0 Å². The Morgan fingerprint density at radius 2 is 2.00 bits per heavy atom. The molecule has 0 aliphatic carbocycles. The highest BCUT2D eigenvalue weighted by atomic mass is 32.2. The number of para-hydroxylation sites is 1. The SMILES string of the molecule is CCc1ccccc1NC(=O)CSCc1nc(N)nc(N(C)C)n1. The maximum absolute atomic E-state index is 12.1. The summed E-state index contributed by atoms with van der Waals surface area (Å²) >= 11 is 1.44. The molecule has 0 atom stereocenters. The predicted molar refractivity (Wildman–Crippen MR) is 99.2 cm³/mol. The van der Waals surface area contributed by atoms with Crippen molar-refractivity contribution in [3.05, 3.63) is 35.7 Å². The van der Waals surface area contributed by atoms with Gasteiger partial charge in [0.25, 0.3) is 0 Å². The molecule has 2 aromatic rings. The summed E-state index contributed by atoms with van der Waals surface area (Å²) in [6.45, 7) is 2.06. The molecule has 3 N–H and O–H groups in total. The number of anilines is 3. The average molecular weight is 346 g/mol. The lowest BCUT2D eigenvalue weighted by Gasteiger charge is -2.11. The van der Waals surface area contributed by atoms with Gasteiger partial charge in [0.1, 0.15) is 5.82 Å². The standard InChI is InChI=1S/C16H22N6OS/c1-4-11-7-5-6-8-12(11)18-14(23)10-24-9-13-19-15(17)21-16(20-13)22(2)3/h5-8H,4,9-10H2,1-3H3,(H,18,23)(H2,17,19,20,21). The number of carbonyl (C=O) groups excluding carboxylic acids is 1. The minimum absolute atomic E-state index is 0.0456. The van der Waals surface area contributed by atoms with Crippen molar-refractivity contribution in [2.75, 3.05) is 35.8 Å². The number of aryl methyl sites for hydroxylation is 1. The number of amides is 1. The van der Waals surface area contributed by atoms with Gasteiger partial charge in [0.05, 0.1) is 11.5 Å². The Balaban J connectivity index is 1.89. The molecule has 0 fully saturated rings. The number of nitrogens with two attached hydrogens (primary N) is 1. The Kier molecular flexibility index (Phi) is 6.36. The van der Waals surface area contributed by atoms with Gasteiger partial charge in [0.15, 0.2) is 0 Å². The summed E-state index contributed by atoms with van der Waals surface area (Å²) < 4.78 is 0. The third kappa shape index (κ3) is 5.09. The summed E-state index contributed by atoms with van der Waals surface area (Å²) in [7, 11) is 3.68. The van der Waals surface area contributed by atoms with Crippen LogP contribution in [0.15, 0.2) is 24.3 Å². The number of aromatic nitrogens is 3. The molecule has 0 spiro atoms. The number of nitrogens with zero attached hydrogens (tertiary/aromatic N) is 4. The van der Waals surface area contributed by atoms with Gasteiger partial charge in [-0.05, 0) is 18.1 Å². The zero-order valence-corrected chi connectivity index (χ0v) is 14.9. The van der Waals surface area contributed by atoms with Crippen LogP contribution in [0.25, 0.3) is 0 Å². The highest BCUT2D eigenvalue weighted by molar-refractivity contribution is 7.99. The summed E-state index contributed by atoms with van der Waals surface area (Å²) in [5, 5.41) is 2.94. The van der Waals surface area contributed by atoms with Crippen LogP contribution in [-0.2, 0) is 17.0 Å². The van der Waals surface area contributed by atoms with Crippen LogP contribution in [0.5, 0.6) is 0 Å². The number of hydrogen-bond acceptors (Lipinski definition) is 7. The van der Waals surface area contributed by atoms with Crippen LogP contribution < -0.4 is 16.0 Å². The van der Waals surface area contributed by atoms with Crippen molar-refractivity contribution in [1.29, 1.82) is 0 Å². The summed E-state index contributed by atoms with van der Waals surface area (Å²) in [4.78, 5) is 26.3. The van der Waals surface area contributed by atoms with E-state index in [4.69, 9.17) is 5.73 Å². The summed E-state index contributed by atoms with van der Waals surface area (Å²) in [6.07, 6.45) is 0.876. The first-order valence-corrected chi connectivity index (χ1v) is 8.78. The highest BCUT2D eigenvalue weighted by Gasteiger charge is 2.09. The summed E-state index contributed by atoms with van der Waals surface area (Å²) in [5.74, 6) is 2.04. The van der Waals surface area contributed by atoms with Gasteiger partial charge in [-0.1, -0.05) is 25.1 Å². The second-order valence-corrected chi connectivity index (χ2v) is 6.34. The smallest absolute Gasteiger partial charge is 0.234 e. The van der Waals surface area contributed by atoms with Gasteiger partial charge in [-0.15, -0.1) is 11.8 Å². The molecule has 7 nitrogen and oxygen atoms in total. The van der Waals surface area contributed by atoms with Crippen LogP contribution in [0.1, 0.15) is 18.3 Å². The Labute approximate surface area is 146 Å². The van der Waals surface area contributed by atoms with Crippen molar-refractivity contribution in [2.45, 2.75) is 19.1 Å². The monoisotopic (exact) mass is 346 g/mol. The van der Waals surface area contributed by atoms with Crippen molar-refractivity contribution in [3.63, 3.8) is 0 Å². The summed E-state index contributed by atoms with van der Waals surface area (Å²) in [6, 6.07) is 7.81. The van der Waals surface area contributed by atoms with Gasteiger partial charge in [0.2, 0.25) is 17.8 Å². The molecular weight excluding hydrogens is 324 g/mol. The van der Waals surface area contributed by atoms with E-state index in [-0.39, 0.29) is 11.9 Å². The summed E-state index contributed by atoms with van der Waals surface area (Å²) in [5.41, 5.74) is 7.67. The second-order valence-electron chi connectivity index (χ2n) is 5.36. The fraction of sp³-hybridized carbons (Fsp3) is 0.375. The lowest BCUT2D eigenvalue weighted by molar-refractivity contribution is -0.113. The van der Waals surface area contributed by atoms with Crippen LogP contribution in [0, 0.1) is 0 Å². The van der Waals surface area contributed by atoms with Crippen molar-refractivity contribution >= 4 is 35.3 Å². The molecule has 0 aliphatic rings. The molecule has 0 saturated heterocycles. The molecule has 0 saturated carbocycles. The zero-order valence-electron chi connectivity index (χ0n) is 14.1. The van der Waals surface area contributed by atoms with Crippen LogP contribution >= 0.6 is 11.8 Å². The maximum Gasteiger partial charge on any atom is 0.234 e. The molecular formula is C16H22N6OS. The first-order chi connectivity index (χ1) is 11.5. The Morgan fingerprint density at radius 3 is 2.71 bits per heavy atom. The van der Waals surface area contributed by atoms with Gasteiger partial charge < -0.3 is 16.0 Å². The quantitative estimate of drug-likeness (QED) is 0.791. The van der Waals surface area contributed by atoms with E-state index in [1.165, 1.54) is 11.8 Å². The molecule has 0 bridgehead atoms. The molecule has 1 heterocycles. The van der Waals surface area contributed by atoms with Gasteiger partial charge in [-0.2, -0.15) is 15.0 Å². The lowest BCUT2D eigenvalue weighted by atomic mass is 10.1. The van der Waals surface area contributed by atoms with E-state index in [9.17, 15) is 4.79 Å². The van der Waals surface area contributed by atoms with Gasteiger partial charge in [-0.3, -0.25) is 4.79 Å². The third-order valence-electron chi connectivity index (χ3n) is 3.22. The van der Waals surface area contributed by atoms with Gasteiger partial charge in [0, 0.05) is 19.8 Å². The van der Waals surface area contributed by atoms with E-state index >= 15 is 0 Å². The molecule has 0 radical (unpaired) electrons. The number of rotatable bonds is 7. The van der Waals surface area contributed by atoms with E-state index in [1.807, 2.05) is 38.4 Å². The molecule has 128 valence electrons. The minimum Gasteiger partial charge on any atom is -0.368 e. The maximum atomic E-state index is 12.1. The Bertz CT molecular complexity index is 707. The number of thioether (sulfide) groups is 1. The molecule has 1 aromatic carbocycles. The van der Waals surface area contributed by atoms with Gasteiger partial charge in [-0.25, -0.2) is 0 Å². The van der Waals surface area contributed by atoms with Crippen LogP contribution in [-0.4, -0.2) is 40.7 Å². The van der Waals surface area contributed by atoms with Gasteiger partial charge >= 0.3 is 0 Å². The van der Waals surface area contributed by atoms with Crippen LogP contribution in [0.3, 0.4) is 0 Å². The van der Waals surface area contributed by atoms with Crippen molar-refractivity contribution < 1.29 is 4.79 Å². The van der Waals surface area contributed by atoms with Crippen LogP contribution in [0.2, 0.25) is 0 Å². The molecule has 0 aliphatic heterocycles. The number of hydrogen-bond donors (Lipinski definition) is 2. The number of nitrogens with one attached hydrogen (secondary N) is 1. The zero-order chi connectivity index (χ0) is 17.5. The number of nitrogen functional groups attached to an aromatic ring is 1. The molecule has 2 rings (SSSR count). The topological polar surface area (TPSA) is 97.0 Å². The first kappa shape index (κ1) is 18.0. The predicted octanol–water partition coefficient (Wildman–Crippen LogP) is 1.95. The first-order valence-electron chi connectivity index (χ1n) is 7.62. The molecule has 24 heavy (non-hydrogen) atoms. The Hall–Kier alpha value is -2.35. The molecule has 1 amide bonds. The average Bonchev–Trinajstić information content (AvgIpc) is 2.54. The molecule has 0 unspecified atom stereocenters.